The van der Waals surface area contributed by atoms with Gasteiger partial charge in [-0.2, -0.15) is 0 Å². The Morgan fingerprint density at radius 1 is 1.00 bits per heavy atom. The summed E-state index contributed by atoms with van der Waals surface area (Å²) in [7, 11) is 1.45. The molecule has 0 bridgehead atoms. The second-order valence-electron chi connectivity index (χ2n) is 5.67. The Morgan fingerprint density at radius 3 is 2.44 bits per heavy atom. The van der Waals surface area contributed by atoms with Gasteiger partial charge in [0, 0.05) is 11.6 Å². The molecule has 6 heteroatoms. The summed E-state index contributed by atoms with van der Waals surface area (Å²) in [6.45, 7) is 0.0347. The molecule has 0 unspecified atom stereocenters. The second kappa shape index (κ2) is 8.47. The number of hydrogen-bond donors (Lipinski definition) is 1. The van der Waals surface area contributed by atoms with E-state index in [1.54, 1.807) is 0 Å². The summed E-state index contributed by atoms with van der Waals surface area (Å²) in [5, 5.41) is 0.260. The largest absolute Gasteiger partial charge is 0.496 e. The number of nitrogen functional groups attached to an aromatic ring is 1. The molecule has 0 aromatic heterocycles. The number of para-hydroxylation sites is 2. The number of rotatable bonds is 6. The van der Waals surface area contributed by atoms with E-state index in [4.69, 9.17) is 31.5 Å². The van der Waals surface area contributed by atoms with Gasteiger partial charge in [-0.3, -0.25) is 0 Å². The van der Waals surface area contributed by atoms with Crippen LogP contribution in [0.2, 0.25) is 5.02 Å². The molecule has 0 heterocycles. The van der Waals surface area contributed by atoms with E-state index in [1.165, 1.54) is 19.2 Å². The van der Waals surface area contributed by atoms with E-state index < -0.39 is 5.97 Å². The lowest BCUT2D eigenvalue weighted by atomic mass is 10.1. The first-order chi connectivity index (χ1) is 13.1. The Kier molecular flexibility index (Phi) is 5.84. The first-order valence-corrected chi connectivity index (χ1v) is 8.57. The van der Waals surface area contributed by atoms with Crippen molar-refractivity contribution in [1.29, 1.82) is 0 Å². The lowest BCUT2D eigenvalue weighted by Crippen LogP contribution is -2.08. The van der Waals surface area contributed by atoms with E-state index in [1.807, 2.05) is 54.6 Å². The number of carbonyl (C=O) groups excluding carboxylic acids is 1. The van der Waals surface area contributed by atoms with Crippen LogP contribution in [-0.2, 0) is 11.3 Å². The van der Waals surface area contributed by atoms with Crippen LogP contribution in [0.1, 0.15) is 15.9 Å². The fourth-order valence-electron chi connectivity index (χ4n) is 2.46. The van der Waals surface area contributed by atoms with E-state index in [9.17, 15) is 4.79 Å². The van der Waals surface area contributed by atoms with Gasteiger partial charge in [0.2, 0.25) is 0 Å². The van der Waals surface area contributed by atoms with Crippen molar-refractivity contribution < 1.29 is 19.0 Å². The quantitative estimate of drug-likeness (QED) is 0.474. The fraction of sp³-hybridized carbons (Fsp3) is 0.0952. The minimum Gasteiger partial charge on any atom is -0.496 e. The third-order valence-corrected chi connectivity index (χ3v) is 4.17. The SMILES string of the molecule is COc1cc(N)c(Cl)cc1C(=O)OCc1ccccc1Oc1ccccc1. The number of ether oxygens (including phenoxy) is 3. The lowest BCUT2D eigenvalue weighted by molar-refractivity contribution is 0.0467. The minimum absolute atomic E-state index is 0.0347. The Balaban J connectivity index is 1.76. The Hall–Kier alpha value is -3.18. The zero-order valence-electron chi connectivity index (χ0n) is 14.6. The standard InChI is InChI=1S/C21H18ClNO4/c1-25-20-12-18(23)17(22)11-16(20)21(24)26-13-14-7-5-6-10-19(14)27-15-8-3-2-4-9-15/h2-12H,13,23H2,1H3. The summed E-state index contributed by atoms with van der Waals surface area (Å²) in [5.74, 6) is 1.04. The number of anilines is 1. The monoisotopic (exact) mass is 383 g/mol. The van der Waals surface area contributed by atoms with Crippen molar-refractivity contribution >= 4 is 23.3 Å². The van der Waals surface area contributed by atoms with Crippen LogP contribution < -0.4 is 15.2 Å². The first-order valence-electron chi connectivity index (χ1n) is 8.19. The van der Waals surface area contributed by atoms with Gasteiger partial charge in [0.15, 0.2) is 0 Å². The number of carbonyl (C=O) groups is 1. The average Bonchev–Trinajstić information content (AvgIpc) is 2.69. The number of halogens is 1. The van der Waals surface area contributed by atoms with Gasteiger partial charge >= 0.3 is 5.97 Å². The molecular formula is C21H18ClNO4. The third-order valence-electron chi connectivity index (χ3n) is 3.84. The highest BCUT2D eigenvalue weighted by molar-refractivity contribution is 6.33. The molecule has 5 nitrogen and oxygen atoms in total. The van der Waals surface area contributed by atoms with Crippen molar-refractivity contribution in [2.24, 2.45) is 0 Å². The third kappa shape index (κ3) is 4.51. The van der Waals surface area contributed by atoms with Crippen molar-refractivity contribution in [2.75, 3.05) is 12.8 Å². The molecule has 2 N–H and O–H groups in total. The molecule has 3 aromatic carbocycles. The summed E-state index contributed by atoms with van der Waals surface area (Å²) in [5.41, 5.74) is 7.01. The highest BCUT2D eigenvalue weighted by atomic mass is 35.5. The molecule has 0 aliphatic carbocycles. The summed E-state index contributed by atoms with van der Waals surface area (Å²) < 4.78 is 16.5. The van der Waals surface area contributed by atoms with Crippen molar-refractivity contribution in [3.05, 3.63) is 82.9 Å². The summed E-state index contributed by atoms with van der Waals surface area (Å²) in [4.78, 5) is 12.5. The van der Waals surface area contributed by atoms with Crippen LogP contribution in [-0.4, -0.2) is 13.1 Å². The van der Waals surface area contributed by atoms with Crippen molar-refractivity contribution in [3.8, 4) is 17.2 Å². The highest BCUT2D eigenvalue weighted by Gasteiger charge is 2.17. The Labute approximate surface area is 162 Å². The number of esters is 1. The minimum atomic E-state index is -0.566. The molecule has 0 atom stereocenters. The van der Waals surface area contributed by atoms with Gasteiger partial charge in [0.25, 0.3) is 0 Å². The molecule has 0 spiro atoms. The summed E-state index contributed by atoms with van der Waals surface area (Å²) in [6.07, 6.45) is 0. The molecule has 0 radical (unpaired) electrons. The predicted octanol–water partition coefficient (Wildman–Crippen LogP) is 5.08. The normalized spacial score (nSPS) is 10.3. The van der Waals surface area contributed by atoms with Gasteiger partial charge in [-0.1, -0.05) is 48.0 Å². The predicted molar refractivity (Wildman–Crippen MR) is 104 cm³/mol. The van der Waals surface area contributed by atoms with Crippen LogP contribution in [0.4, 0.5) is 5.69 Å². The number of benzene rings is 3. The maximum atomic E-state index is 12.5. The van der Waals surface area contributed by atoms with Crippen molar-refractivity contribution in [2.45, 2.75) is 6.61 Å². The number of nitrogens with two attached hydrogens (primary N) is 1. The molecule has 0 saturated carbocycles. The fourth-order valence-corrected chi connectivity index (χ4v) is 2.62. The van der Waals surface area contributed by atoms with E-state index >= 15 is 0 Å². The second-order valence-corrected chi connectivity index (χ2v) is 6.08. The summed E-state index contributed by atoms with van der Waals surface area (Å²) in [6, 6.07) is 19.7. The summed E-state index contributed by atoms with van der Waals surface area (Å²) >= 11 is 6.01. The first kappa shape index (κ1) is 18.6. The van der Waals surface area contributed by atoms with Crippen LogP contribution in [0.3, 0.4) is 0 Å². The Morgan fingerprint density at radius 2 is 1.70 bits per heavy atom. The highest BCUT2D eigenvalue weighted by Crippen LogP contribution is 2.30. The molecule has 0 fully saturated rings. The van der Waals surface area contributed by atoms with Crippen molar-refractivity contribution in [1.82, 2.24) is 0 Å². The zero-order valence-corrected chi connectivity index (χ0v) is 15.4. The van der Waals surface area contributed by atoms with E-state index in [0.717, 1.165) is 5.56 Å². The van der Waals surface area contributed by atoms with Gasteiger partial charge in [0.05, 0.1) is 17.8 Å². The molecule has 0 amide bonds. The molecule has 3 rings (SSSR count). The van der Waals surface area contributed by atoms with Crippen LogP contribution in [0.15, 0.2) is 66.7 Å². The van der Waals surface area contributed by atoms with Gasteiger partial charge in [-0.15, -0.1) is 0 Å². The molecule has 0 saturated heterocycles. The van der Waals surface area contributed by atoms with Crippen LogP contribution in [0.25, 0.3) is 0 Å². The Bertz CT molecular complexity index is 944. The smallest absolute Gasteiger partial charge is 0.342 e. The van der Waals surface area contributed by atoms with E-state index in [-0.39, 0.29) is 17.2 Å². The van der Waals surface area contributed by atoms with E-state index in [0.29, 0.717) is 22.9 Å². The maximum absolute atomic E-state index is 12.5. The van der Waals surface area contributed by atoms with Crippen LogP contribution in [0.5, 0.6) is 17.2 Å². The number of methoxy groups -OCH3 is 1. The molecule has 138 valence electrons. The number of hydrogen-bond acceptors (Lipinski definition) is 5. The maximum Gasteiger partial charge on any atom is 0.342 e. The van der Waals surface area contributed by atoms with Gasteiger partial charge < -0.3 is 19.9 Å². The average molecular weight is 384 g/mol. The van der Waals surface area contributed by atoms with Gasteiger partial charge in [0.1, 0.15) is 29.4 Å². The van der Waals surface area contributed by atoms with Gasteiger partial charge in [-0.05, 0) is 24.3 Å². The molecule has 0 aliphatic heterocycles. The molecule has 27 heavy (non-hydrogen) atoms. The lowest BCUT2D eigenvalue weighted by Gasteiger charge is -2.13. The topological polar surface area (TPSA) is 70.8 Å². The zero-order chi connectivity index (χ0) is 19.2. The van der Waals surface area contributed by atoms with Crippen LogP contribution >= 0.6 is 11.6 Å². The van der Waals surface area contributed by atoms with Crippen molar-refractivity contribution in [3.63, 3.8) is 0 Å². The molecule has 0 aliphatic rings. The van der Waals surface area contributed by atoms with Crippen LogP contribution in [0, 0.1) is 0 Å². The van der Waals surface area contributed by atoms with Gasteiger partial charge in [-0.25, -0.2) is 4.79 Å². The molecular weight excluding hydrogens is 366 g/mol. The van der Waals surface area contributed by atoms with E-state index in [2.05, 4.69) is 0 Å². The molecule has 3 aromatic rings.